The molecule has 1 unspecified atom stereocenters. The molecule has 0 saturated heterocycles. The number of halogens is 1. The normalized spacial score (nSPS) is 15.9. The fourth-order valence-electron chi connectivity index (χ4n) is 2.17. The lowest BCUT2D eigenvalue weighted by Gasteiger charge is -2.16. The van der Waals surface area contributed by atoms with Gasteiger partial charge in [0.25, 0.3) is 0 Å². The zero-order chi connectivity index (χ0) is 14.7. The maximum Gasteiger partial charge on any atom is 0.223 e. The van der Waals surface area contributed by atoms with E-state index in [9.17, 15) is 4.79 Å². The fraction of sp³-hybridized carbons (Fsp3) is 0.400. The molecule has 0 aliphatic heterocycles. The van der Waals surface area contributed by atoms with Gasteiger partial charge in [0.15, 0.2) is 0 Å². The molecule has 1 amide bonds. The average molecular weight is 341 g/mol. The highest BCUT2D eigenvalue weighted by Crippen LogP contribution is 2.33. The second kappa shape index (κ2) is 6.92. The van der Waals surface area contributed by atoms with Crippen molar-refractivity contribution in [2.24, 2.45) is 5.92 Å². The second-order valence-corrected chi connectivity index (χ2v) is 7.84. The van der Waals surface area contributed by atoms with Crippen LogP contribution >= 0.6 is 34.3 Å². The highest BCUT2D eigenvalue weighted by molar-refractivity contribution is 7.16. The number of rotatable bonds is 7. The van der Waals surface area contributed by atoms with E-state index in [1.165, 1.54) is 9.75 Å². The lowest BCUT2D eigenvalue weighted by Crippen LogP contribution is -2.34. The summed E-state index contributed by atoms with van der Waals surface area (Å²) in [4.78, 5) is 14.1. The predicted molar refractivity (Wildman–Crippen MR) is 89.2 cm³/mol. The summed E-state index contributed by atoms with van der Waals surface area (Å²) in [5, 5.41) is 8.57. The van der Waals surface area contributed by atoms with Gasteiger partial charge in [-0.3, -0.25) is 4.79 Å². The zero-order valence-electron chi connectivity index (χ0n) is 11.5. The molecule has 3 rings (SSSR count). The molecular formula is C15H17ClN2OS2. The van der Waals surface area contributed by atoms with Gasteiger partial charge in [0.2, 0.25) is 5.91 Å². The van der Waals surface area contributed by atoms with Crippen LogP contribution < -0.4 is 10.6 Å². The first-order valence-corrected chi connectivity index (χ1v) is 9.11. The third-order valence-corrected chi connectivity index (χ3v) is 5.66. The van der Waals surface area contributed by atoms with Crippen LogP contribution in [-0.2, 0) is 4.79 Å². The number of hydrogen-bond donors (Lipinski definition) is 2. The molecule has 1 atom stereocenters. The molecule has 1 fully saturated rings. The van der Waals surface area contributed by atoms with Crippen LogP contribution in [0, 0.1) is 5.92 Å². The van der Waals surface area contributed by atoms with Gasteiger partial charge in [0.05, 0.1) is 10.4 Å². The second-order valence-electron chi connectivity index (χ2n) is 5.11. The molecular weight excluding hydrogens is 324 g/mol. The quantitative estimate of drug-likeness (QED) is 0.755. The highest BCUT2D eigenvalue weighted by Gasteiger charge is 2.29. The molecule has 0 spiro atoms. The average Bonchev–Trinajstić information content (AvgIpc) is 3.02. The van der Waals surface area contributed by atoms with E-state index in [-0.39, 0.29) is 17.9 Å². The van der Waals surface area contributed by atoms with Crippen LogP contribution in [0.15, 0.2) is 29.6 Å². The summed E-state index contributed by atoms with van der Waals surface area (Å²) in [5.41, 5.74) is 0. The SMILES string of the molecule is O=C(NCCNC(c1cccs1)c1ccc(Cl)s1)C1CC1. The van der Waals surface area contributed by atoms with Gasteiger partial charge in [0.1, 0.15) is 0 Å². The van der Waals surface area contributed by atoms with Gasteiger partial charge in [-0.2, -0.15) is 0 Å². The van der Waals surface area contributed by atoms with Gasteiger partial charge in [0, 0.05) is 28.8 Å². The van der Waals surface area contributed by atoms with Crippen LogP contribution in [0.4, 0.5) is 0 Å². The first-order chi connectivity index (χ1) is 10.2. The fourth-order valence-corrected chi connectivity index (χ4v) is 4.22. The minimum absolute atomic E-state index is 0.153. The summed E-state index contributed by atoms with van der Waals surface area (Å²) < 4.78 is 0.801. The molecule has 0 radical (unpaired) electrons. The molecule has 112 valence electrons. The monoisotopic (exact) mass is 340 g/mol. The summed E-state index contributed by atoms with van der Waals surface area (Å²) in [5.74, 6) is 0.470. The summed E-state index contributed by atoms with van der Waals surface area (Å²) in [7, 11) is 0. The van der Waals surface area contributed by atoms with E-state index in [4.69, 9.17) is 11.6 Å². The van der Waals surface area contributed by atoms with Gasteiger partial charge >= 0.3 is 0 Å². The van der Waals surface area contributed by atoms with E-state index in [1.807, 2.05) is 6.07 Å². The van der Waals surface area contributed by atoms with E-state index in [0.29, 0.717) is 6.54 Å². The van der Waals surface area contributed by atoms with Crippen molar-refractivity contribution < 1.29 is 4.79 Å². The van der Waals surface area contributed by atoms with Crippen LogP contribution in [0.1, 0.15) is 28.6 Å². The lowest BCUT2D eigenvalue weighted by atomic mass is 10.2. The number of thiophene rings is 2. The molecule has 0 aromatic carbocycles. The molecule has 0 bridgehead atoms. The Bertz CT molecular complexity index is 593. The third-order valence-electron chi connectivity index (χ3n) is 3.43. The molecule has 2 aromatic rings. The van der Waals surface area contributed by atoms with Crippen LogP contribution in [0.25, 0.3) is 0 Å². The number of carbonyl (C=O) groups is 1. The smallest absolute Gasteiger partial charge is 0.223 e. The Labute approximate surface area is 137 Å². The Balaban J connectivity index is 1.56. The molecule has 1 aliphatic carbocycles. The highest BCUT2D eigenvalue weighted by atomic mass is 35.5. The third kappa shape index (κ3) is 4.07. The Kier molecular flexibility index (Phi) is 4.95. The van der Waals surface area contributed by atoms with E-state index < -0.39 is 0 Å². The minimum Gasteiger partial charge on any atom is -0.355 e. The van der Waals surface area contributed by atoms with Crippen molar-refractivity contribution in [1.82, 2.24) is 10.6 Å². The summed E-state index contributed by atoms with van der Waals surface area (Å²) in [6.45, 7) is 1.41. The van der Waals surface area contributed by atoms with Gasteiger partial charge in [-0.1, -0.05) is 17.7 Å². The summed E-state index contributed by atoms with van der Waals surface area (Å²) >= 11 is 9.37. The van der Waals surface area contributed by atoms with E-state index >= 15 is 0 Å². The van der Waals surface area contributed by atoms with Crippen molar-refractivity contribution >= 4 is 40.2 Å². The molecule has 2 aromatic heterocycles. The number of hydrogen-bond acceptors (Lipinski definition) is 4. The molecule has 2 heterocycles. The Morgan fingerprint density at radius 2 is 2.14 bits per heavy atom. The molecule has 21 heavy (non-hydrogen) atoms. The van der Waals surface area contributed by atoms with Crippen molar-refractivity contribution in [3.05, 3.63) is 43.7 Å². The van der Waals surface area contributed by atoms with Crippen molar-refractivity contribution in [1.29, 1.82) is 0 Å². The van der Waals surface area contributed by atoms with Gasteiger partial charge in [-0.25, -0.2) is 0 Å². The molecule has 1 aliphatic rings. The van der Waals surface area contributed by atoms with E-state index in [2.05, 4.69) is 34.2 Å². The largest absolute Gasteiger partial charge is 0.355 e. The van der Waals surface area contributed by atoms with Crippen LogP contribution in [-0.4, -0.2) is 19.0 Å². The van der Waals surface area contributed by atoms with Gasteiger partial charge < -0.3 is 10.6 Å². The maximum atomic E-state index is 11.6. The van der Waals surface area contributed by atoms with Crippen LogP contribution in [0.5, 0.6) is 0 Å². The Morgan fingerprint density at radius 1 is 1.29 bits per heavy atom. The number of amides is 1. The van der Waals surface area contributed by atoms with Crippen LogP contribution in [0.2, 0.25) is 4.34 Å². The maximum absolute atomic E-state index is 11.6. The molecule has 2 N–H and O–H groups in total. The number of nitrogens with one attached hydrogen (secondary N) is 2. The van der Waals surface area contributed by atoms with E-state index in [0.717, 1.165) is 23.7 Å². The molecule has 1 saturated carbocycles. The van der Waals surface area contributed by atoms with Gasteiger partial charge in [-0.15, -0.1) is 22.7 Å². The van der Waals surface area contributed by atoms with E-state index in [1.54, 1.807) is 22.7 Å². The molecule has 3 nitrogen and oxygen atoms in total. The standard InChI is InChI=1S/C15H17ClN2OS2/c16-13-6-5-12(21-13)14(11-2-1-9-20-11)17-7-8-18-15(19)10-3-4-10/h1-2,5-6,9-10,14,17H,3-4,7-8H2,(H,18,19). The van der Waals surface area contributed by atoms with Crippen molar-refractivity contribution in [3.8, 4) is 0 Å². The summed E-state index contributed by atoms with van der Waals surface area (Å²) in [6.07, 6.45) is 2.09. The number of carbonyl (C=O) groups excluding carboxylic acids is 1. The van der Waals surface area contributed by atoms with Crippen molar-refractivity contribution in [3.63, 3.8) is 0 Å². The zero-order valence-corrected chi connectivity index (χ0v) is 13.9. The minimum atomic E-state index is 0.153. The van der Waals surface area contributed by atoms with Crippen LogP contribution in [0.3, 0.4) is 0 Å². The van der Waals surface area contributed by atoms with Crippen molar-refractivity contribution in [2.75, 3.05) is 13.1 Å². The lowest BCUT2D eigenvalue weighted by molar-refractivity contribution is -0.122. The predicted octanol–water partition coefficient (Wildman–Crippen LogP) is 3.67. The first-order valence-electron chi connectivity index (χ1n) is 7.04. The Hall–Kier alpha value is -0.880. The first kappa shape index (κ1) is 15.0. The summed E-state index contributed by atoms with van der Waals surface area (Å²) in [6, 6.07) is 8.32. The Morgan fingerprint density at radius 3 is 2.76 bits per heavy atom. The van der Waals surface area contributed by atoms with Crippen molar-refractivity contribution in [2.45, 2.75) is 18.9 Å². The topological polar surface area (TPSA) is 41.1 Å². The molecule has 6 heteroatoms. The van der Waals surface area contributed by atoms with Gasteiger partial charge in [-0.05, 0) is 36.4 Å².